The Morgan fingerprint density at radius 2 is 0.932 bits per heavy atom. The molecule has 0 radical (unpaired) electrons. The van der Waals surface area contributed by atoms with Crippen molar-refractivity contribution in [2.75, 3.05) is 0 Å². The van der Waals surface area contributed by atoms with E-state index in [4.69, 9.17) is 0 Å². The van der Waals surface area contributed by atoms with Gasteiger partial charge in [-0.25, -0.2) is 0 Å². The standard InChI is InChI=1S/C34H24F6N2O2/c1-41-17-27(25-15-21(7-13-29(25)41)19-3-9-23(10-4-19)33(35,36)37)31(32(43)44)28-18-42(2)30-14-8-22(16-26(28)30)20-5-11-24(12-6-20)34(38,39)40/h3-18,31H,1-2H3,(H,43,44). The summed E-state index contributed by atoms with van der Waals surface area (Å²) in [7, 11) is 3.57. The van der Waals surface area contributed by atoms with Crippen molar-refractivity contribution in [3.8, 4) is 22.3 Å². The van der Waals surface area contributed by atoms with Crippen LogP contribution in [0.15, 0.2) is 97.3 Å². The third-order valence-corrected chi connectivity index (χ3v) is 8.00. The Kier molecular flexibility index (Phi) is 6.83. The lowest BCUT2D eigenvalue weighted by Gasteiger charge is -2.13. The second-order valence-electron chi connectivity index (χ2n) is 10.8. The normalized spacial score (nSPS) is 12.5. The minimum absolute atomic E-state index is 0.496. The van der Waals surface area contributed by atoms with Crippen molar-refractivity contribution in [3.63, 3.8) is 0 Å². The van der Waals surface area contributed by atoms with E-state index in [-0.39, 0.29) is 0 Å². The molecule has 0 fully saturated rings. The molecule has 0 spiro atoms. The van der Waals surface area contributed by atoms with Gasteiger partial charge in [0.2, 0.25) is 0 Å². The van der Waals surface area contributed by atoms with Gasteiger partial charge in [-0.1, -0.05) is 36.4 Å². The maximum absolute atomic E-state index is 13.1. The summed E-state index contributed by atoms with van der Waals surface area (Å²) in [5.74, 6) is -2.22. The Hall–Kier alpha value is -4.99. The lowest BCUT2D eigenvalue weighted by atomic mass is 9.89. The maximum atomic E-state index is 13.1. The molecule has 1 N–H and O–H groups in total. The number of fused-ring (bicyclic) bond motifs is 2. The van der Waals surface area contributed by atoms with Crippen molar-refractivity contribution < 1.29 is 36.2 Å². The van der Waals surface area contributed by atoms with Crippen LogP contribution in [0, 0.1) is 0 Å². The highest BCUT2D eigenvalue weighted by Crippen LogP contribution is 2.40. The van der Waals surface area contributed by atoms with Crippen molar-refractivity contribution in [2.24, 2.45) is 14.1 Å². The monoisotopic (exact) mass is 606 g/mol. The van der Waals surface area contributed by atoms with Gasteiger partial charge in [0.15, 0.2) is 0 Å². The Bertz CT molecular complexity index is 1890. The third kappa shape index (κ3) is 5.10. The fourth-order valence-corrected chi connectivity index (χ4v) is 5.80. The van der Waals surface area contributed by atoms with Crippen LogP contribution in [0.3, 0.4) is 0 Å². The number of hydrogen-bond acceptors (Lipinski definition) is 1. The van der Waals surface area contributed by atoms with E-state index in [1.807, 2.05) is 0 Å². The first-order valence-corrected chi connectivity index (χ1v) is 13.5. The molecule has 0 saturated carbocycles. The number of aromatic nitrogens is 2. The lowest BCUT2D eigenvalue weighted by Crippen LogP contribution is -2.12. The number of aliphatic carboxylic acids is 1. The van der Waals surface area contributed by atoms with Crippen LogP contribution < -0.4 is 0 Å². The molecule has 0 saturated heterocycles. The summed E-state index contributed by atoms with van der Waals surface area (Å²) in [6, 6.07) is 20.3. The molecular formula is C34H24F6N2O2. The molecule has 0 atom stereocenters. The first-order valence-electron chi connectivity index (χ1n) is 13.5. The predicted octanol–water partition coefficient (Wildman–Crippen LogP) is 9.26. The lowest BCUT2D eigenvalue weighted by molar-refractivity contribution is -0.138. The highest BCUT2D eigenvalue weighted by molar-refractivity contribution is 5.98. The second-order valence-corrected chi connectivity index (χ2v) is 10.8. The molecular weight excluding hydrogens is 582 g/mol. The Morgan fingerprint density at radius 3 is 1.25 bits per heavy atom. The maximum Gasteiger partial charge on any atom is 0.416 e. The van der Waals surface area contributed by atoms with Gasteiger partial charge in [-0.2, -0.15) is 26.3 Å². The van der Waals surface area contributed by atoms with Crippen LogP contribution in [0.4, 0.5) is 26.3 Å². The molecule has 4 nitrogen and oxygen atoms in total. The topological polar surface area (TPSA) is 47.2 Å². The average molecular weight is 607 g/mol. The van der Waals surface area contributed by atoms with Gasteiger partial charge >= 0.3 is 18.3 Å². The summed E-state index contributed by atoms with van der Waals surface area (Å²) in [6.45, 7) is 0. The highest BCUT2D eigenvalue weighted by atomic mass is 19.4. The molecule has 0 unspecified atom stereocenters. The molecule has 2 aromatic heterocycles. The van der Waals surface area contributed by atoms with Crippen LogP contribution in [0.5, 0.6) is 0 Å². The Labute approximate surface area is 247 Å². The number of benzene rings is 4. The van der Waals surface area contributed by atoms with E-state index in [1.165, 1.54) is 24.3 Å². The highest BCUT2D eigenvalue weighted by Gasteiger charge is 2.32. The van der Waals surface area contributed by atoms with Gasteiger partial charge in [-0.3, -0.25) is 4.79 Å². The van der Waals surface area contributed by atoms with Crippen molar-refractivity contribution in [1.29, 1.82) is 0 Å². The first kappa shape index (κ1) is 29.1. The molecule has 0 aliphatic rings. The Balaban J connectivity index is 1.47. The van der Waals surface area contributed by atoms with Crippen LogP contribution in [0.1, 0.15) is 28.2 Å². The average Bonchev–Trinajstić information content (AvgIpc) is 3.47. The number of hydrogen-bond donors (Lipinski definition) is 1. The zero-order chi connectivity index (χ0) is 31.6. The number of nitrogens with zero attached hydrogens (tertiary/aromatic N) is 2. The molecule has 6 rings (SSSR count). The summed E-state index contributed by atoms with van der Waals surface area (Å²) >= 11 is 0. The number of carboxylic acids is 1. The van der Waals surface area contributed by atoms with Gasteiger partial charge in [0, 0.05) is 48.3 Å². The zero-order valence-corrected chi connectivity index (χ0v) is 23.3. The smallest absolute Gasteiger partial charge is 0.416 e. The minimum atomic E-state index is -4.46. The molecule has 10 heteroatoms. The van der Waals surface area contributed by atoms with E-state index < -0.39 is 35.4 Å². The number of rotatable bonds is 5. The third-order valence-electron chi connectivity index (χ3n) is 8.00. The summed E-state index contributed by atoms with van der Waals surface area (Å²) in [6.07, 6.45) is -5.46. The molecule has 44 heavy (non-hydrogen) atoms. The molecule has 0 bridgehead atoms. The van der Waals surface area contributed by atoms with Crippen molar-refractivity contribution in [1.82, 2.24) is 9.13 Å². The van der Waals surface area contributed by atoms with E-state index in [0.29, 0.717) is 44.2 Å². The number of aryl methyl sites for hydroxylation is 2. The van der Waals surface area contributed by atoms with Crippen LogP contribution in [0.2, 0.25) is 0 Å². The van der Waals surface area contributed by atoms with E-state index in [9.17, 15) is 36.2 Å². The van der Waals surface area contributed by atoms with Gasteiger partial charge in [0.05, 0.1) is 11.1 Å². The van der Waals surface area contributed by atoms with Crippen LogP contribution in [-0.2, 0) is 31.2 Å². The Morgan fingerprint density at radius 1 is 0.591 bits per heavy atom. The van der Waals surface area contributed by atoms with Gasteiger partial charge in [0.1, 0.15) is 5.92 Å². The fraction of sp³-hybridized carbons (Fsp3) is 0.147. The van der Waals surface area contributed by atoms with Crippen LogP contribution in [-0.4, -0.2) is 20.2 Å². The number of carbonyl (C=O) groups is 1. The number of halogens is 6. The largest absolute Gasteiger partial charge is 0.481 e. The molecule has 0 aliphatic heterocycles. The van der Waals surface area contributed by atoms with Crippen molar-refractivity contribution >= 4 is 27.8 Å². The quantitative estimate of drug-likeness (QED) is 0.199. The molecule has 4 aromatic carbocycles. The summed E-state index contributed by atoms with van der Waals surface area (Å²) in [5.41, 5.74) is 3.31. The molecule has 224 valence electrons. The van der Waals surface area contributed by atoms with E-state index in [0.717, 1.165) is 35.3 Å². The van der Waals surface area contributed by atoms with Gasteiger partial charge < -0.3 is 14.2 Å². The van der Waals surface area contributed by atoms with E-state index in [1.54, 1.807) is 72.0 Å². The van der Waals surface area contributed by atoms with Crippen LogP contribution >= 0.6 is 0 Å². The first-order chi connectivity index (χ1) is 20.7. The summed E-state index contributed by atoms with van der Waals surface area (Å²) in [4.78, 5) is 12.9. The van der Waals surface area contributed by atoms with Crippen molar-refractivity contribution in [3.05, 3.63) is 120 Å². The van der Waals surface area contributed by atoms with Gasteiger partial charge in [0.25, 0.3) is 0 Å². The fourth-order valence-electron chi connectivity index (χ4n) is 5.80. The summed E-state index contributed by atoms with van der Waals surface area (Å²) < 4.78 is 82.2. The molecule has 6 aromatic rings. The molecule has 0 aliphatic carbocycles. The van der Waals surface area contributed by atoms with Gasteiger partial charge in [-0.15, -0.1) is 0 Å². The van der Waals surface area contributed by atoms with Crippen LogP contribution in [0.25, 0.3) is 44.1 Å². The van der Waals surface area contributed by atoms with Gasteiger partial charge in [-0.05, 0) is 81.9 Å². The number of carboxylic acid groups (broad SMARTS) is 1. The van der Waals surface area contributed by atoms with E-state index in [2.05, 4.69) is 0 Å². The van der Waals surface area contributed by atoms with E-state index >= 15 is 0 Å². The molecule has 2 heterocycles. The van der Waals surface area contributed by atoms with Crippen molar-refractivity contribution in [2.45, 2.75) is 18.3 Å². The minimum Gasteiger partial charge on any atom is -0.481 e. The molecule has 0 amide bonds. The number of alkyl halides is 6. The summed E-state index contributed by atoms with van der Waals surface area (Å²) in [5, 5.41) is 11.8. The predicted molar refractivity (Wildman–Crippen MR) is 156 cm³/mol. The SMILES string of the molecule is Cn1cc(C(C(=O)O)c2cn(C)c3ccc(-c4ccc(C(F)(F)F)cc4)cc23)c2cc(-c3ccc(C(F)(F)F)cc3)ccc21. The zero-order valence-electron chi connectivity index (χ0n) is 23.3. The second kappa shape index (κ2) is 10.3.